The smallest absolute Gasteiger partial charge is 0.306 e. The number of morpholine rings is 1. The quantitative estimate of drug-likeness (QED) is 0.757. The average molecular weight is 358 g/mol. The molecule has 5 heteroatoms. The van der Waals surface area contributed by atoms with Crippen LogP contribution in [0.4, 0.5) is 0 Å². The third-order valence-corrected chi connectivity index (χ3v) is 6.14. The van der Waals surface area contributed by atoms with Gasteiger partial charge in [0.1, 0.15) is 0 Å². The summed E-state index contributed by atoms with van der Waals surface area (Å²) >= 11 is 0. The zero-order valence-corrected chi connectivity index (χ0v) is 15.8. The minimum atomic E-state index is -0.120. The molecule has 0 N–H and O–H groups in total. The summed E-state index contributed by atoms with van der Waals surface area (Å²) in [6.45, 7) is 5.91. The second-order valence-corrected chi connectivity index (χ2v) is 8.27. The van der Waals surface area contributed by atoms with Gasteiger partial charge in [-0.2, -0.15) is 0 Å². The van der Waals surface area contributed by atoms with E-state index in [-0.39, 0.29) is 17.2 Å². The topological polar surface area (TPSA) is 42.0 Å². The molecule has 3 aliphatic rings. The number of methoxy groups -OCH3 is 1. The third-order valence-electron chi connectivity index (χ3n) is 6.14. The number of ether oxygens (including phenoxy) is 2. The van der Waals surface area contributed by atoms with Crippen LogP contribution in [0.25, 0.3) is 0 Å². The summed E-state index contributed by atoms with van der Waals surface area (Å²) in [5.41, 5.74) is 1.49. The van der Waals surface area contributed by atoms with Gasteiger partial charge < -0.3 is 14.4 Å². The van der Waals surface area contributed by atoms with Crippen LogP contribution >= 0.6 is 0 Å². The highest BCUT2D eigenvalue weighted by atomic mass is 16.5. The fourth-order valence-electron chi connectivity index (χ4n) is 4.54. The van der Waals surface area contributed by atoms with Crippen LogP contribution < -0.4 is 0 Å². The van der Waals surface area contributed by atoms with E-state index in [1.54, 1.807) is 0 Å². The Bertz CT molecular complexity index is 621. The molecule has 1 aromatic carbocycles. The summed E-state index contributed by atoms with van der Waals surface area (Å²) in [5.74, 6) is -0.120. The van der Waals surface area contributed by atoms with Gasteiger partial charge in [0, 0.05) is 39.3 Å². The first kappa shape index (κ1) is 18.0. The van der Waals surface area contributed by atoms with Crippen LogP contribution in [0.15, 0.2) is 30.3 Å². The molecular weight excluding hydrogens is 328 g/mol. The van der Waals surface area contributed by atoms with E-state index in [4.69, 9.17) is 9.47 Å². The number of esters is 1. The van der Waals surface area contributed by atoms with E-state index >= 15 is 0 Å². The highest BCUT2D eigenvalue weighted by Gasteiger charge is 2.55. The van der Waals surface area contributed by atoms with E-state index in [0.29, 0.717) is 6.42 Å². The van der Waals surface area contributed by atoms with Crippen LogP contribution in [-0.4, -0.2) is 66.8 Å². The van der Waals surface area contributed by atoms with E-state index in [1.807, 2.05) is 0 Å². The Morgan fingerprint density at radius 3 is 2.31 bits per heavy atom. The first-order chi connectivity index (χ1) is 12.6. The fraction of sp³-hybridized carbons (Fsp3) is 0.667. The maximum Gasteiger partial charge on any atom is 0.306 e. The molecule has 5 nitrogen and oxygen atoms in total. The van der Waals surface area contributed by atoms with Gasteiger partial charge in [-0.1, -0.05) is 30.3 Å². The van der Waals surface area contributed by atoms with Crippen molar-refractivity contribution in [2.75, 3.05) is 39.8 Å². The van der Waals surface area contributed by atoms with Gasteiger partial charge in [0.05, 0.1) is 24.7 Å². The lowest BCUT2D eigenvalue weighted by Gasteiger charge is -2.50. The predicted molar refractivity (Wildman–Crippen MR) is 99.8 cm³/mol. The first-order valence-electron chi connectivity index (χ1n) is 9.86. The zero-order chi connectivity index (χ0) is 18.0. The molecule has 2 saturated heterocycles. The monoisotopic (exact) mass is 358 g/mol. The molecule has 4 rings (SSSR count). The molecule has 1 aliphatic carbocycles. The summed E-state index contributed by atoms with van der Waals surface area (Å²) in [5, 5.41) is 0. The third kappa shape index (κ3) is 4.11. The maximum atomic E-state index is 11.4. The van der Waals surface area contributed by atoms with E-state index < -0.39 is 0 Å². The summed E-state index contributed by atoms with van der Waals surface area (Å²) in [6.07, 6.45) is 5.00. The van der Waals surface area contributed by atoms with Crippen molar-refractivity contribution in [2.24, 2.45) is 0 Å². The number of benzene rings is 1. The Hall–Kier alpha value is -1.43. The van der Waals surface area contributed by atoms with Gasteiger partial charge in [0.2, 0.25) is 0 Å². The minimum absolute atomic E-state index is 0.00864. The van der Waals surface area contributed by atoms with Crippen LogP contribution in [-0.2, 0) is 20.8 Å². The molecule has 0 aromatic heterocycles. The lowest BCUT2D eigenvalue weighted by Crippen LogP contribution is -2.60. The van der Waals surface area contributed by atoms with Crippen LogP contribution in [0.5, 0.6) is 0 Å². The predicted octanol–water partition coefficient (Wildman–Crippen LogP) is 2.45. The van der Waals surface area contributed by atoms with Crippen molar-refractivity contribution < 1.29 is 14.3 Å². The van der Waals surface area contributed by atoms with Crippen LogP contribution in [0, 0.1) is 0 Å². The van der Waals surface area contributed by atoms with E-state index in [1.165, 1.54) is 25.5 Å². The number of carbonyl (C=O) groups is 1. The second-order valence-electron chi connectivity index (χ2n) is 8.27. The lowest BCUT2D eigenvalue weighted by molar-refractivity contribution is -0.190. The summed E-state index contributed by atoms with van der Waals surface area (Å²) in [4.78, 5) is 16.4. The SMILES string of the molecule is COC(=O)CCN1CCC2(CC1)CN(Cc1ccccc1)CC1(CC1)O2. The van der Waals surface area contributed by atoms with Gasteiger partial charge in [-0.3, -0.25) is 9.69 Å². The number of hydrogen-bond donors (Lipinski definition) is 0. The molecule has 0 unspecified atom stereocenters. The highest BCUT2D eigenvalue weighted by molar-refractivity contribution is 5.69. The van der Waals surface area contributed by atoms with Crippen molar-refractivity contribution in [3.8, 4) is 0 Å². The van der Waals surface area contributed by atoms with Crippen molar-refractivity contribution >= 4 is 5.97 Å². The number of hydrogen-bond acceptors (Lipinski definition) is 5. The molecule has 0 atom stereocenters. The van der Waals surface area contributed by atoms with Crippen molar-refractivity contribution in [3.63, 3.8) is 0 Å². The van der Waals surface area contributed by atoms with Crippen molar-refractivity contribution in [2.45, 2.75) is 49.9 Å². The molecule has 1 aromatic rings. The number of piperidine rings is 1. The molecule has 142 valence electrons. The number of nitrogens with zero attached hydrogens (tertiary/aromatic N) is 2. The van der Waals surface area contributed by atoms with E-state index in [0.717, 1.165) is 52.1 Å². The standard InChI is InChI=1S/C21H30N2O3/c1-25-19(24)7-12-22-13-10-21(11-14-22)17-23(16-20(26-21)8-9-20)15-18-5-3-2-4-6-18/h2-6H,7-17H2,1H3. The van der Waals surface area contributed by atoms with E-state index in [2.05, 4.69) is 40.1 Å². The van der Waals surface area contributed by atoms with E-state index in [9.17, 15) is 4.79 Å². The Morgan fingerprint density at radius 2 is 1.69 bits per heavy atom. The lowest BCUT2D eigenvalue weighted by atomic mass is 9.88. The summed E-state index contributed by atoms with van der Waals surface area (Å²) in [6, 6.07) is 10.8. The molecule has 26 heavy (non-hydrogen) atoms. The first-order valence-corrected chi connectivity index (χ1v) is 9.86. The number of carbonyl (C=O) groups excluding carboxylic acids is 1. The summed E-state index contributed by atoms with van der Waals surface area (Å²) < 4.78 is 11.5. The molecule has 0 bridgehead atoms. The van der Waals surface area contributed by atoms with Gasteiger partial charge in [0.25, 0.3) is 0 Å². The normalized spacial score (nSPS) is 24.7. The maximum absolute atomic E-state index is 11.4. The van der Waals surface area contributed by atoms with Gasteiger partial charge in [-0.05, 0) is 31.2 Å². The summed E-state index contributed by atoms with van der Waals surface area (Å²) in [7, 11) is 1.46. The van der Waals surface area contributed by atoms with Crippen LogP contribution in [0.2, 0.25) is 0 Å². The van der Waals surface area contributed by atoms with Crippen molar-refractivity contribution in [1.82, 2.24) is 9.80 Å². The van der Waals surface area contributed by atoms with Gasteiger partial charge in [0.15, 0.2) is 0 Å². The van der Waals surface area contributed by atoms with Crippen LogP contribution in [0.3, 0.4) is 0 Å². The minimum Gasteiger partial charge on any atom is -0.469 e. The van der Waals surface area contributed by atoms with Crippen molar-refractivity contribution in [1.29, 1.82) is 0 Å². The largest absolute Gasteiger partial charge is 0.469 e. The molecule has 1 saturated carbocycles. The Balaban J connectivity index is 1.36. The average Bonchev–Trinajstić information content (AvgIpc) is 3.39. The molecule has 0 radical (unpaired) electrons. The molecule has 2 aliphatic heterocycles. The molecule has 3 fully saturated rings. The van der Waals surface area contributed by atoms with Crippen LogP contribution in [0.1, 0.15) is 37.7 Å². The Kier molecular flexibility index (Phi) is 5.04. The number of likely N-dealkylation sites (tertiary alicyclic amines) is 1. The van der Waals surface area contributed by atoms with Gasteiger partial charge in [-0.15, -0.1) is 0 Å². The van der Waals surface area contributed by atoms with Gasteiger partial charge >= 0.3 is 5.97 Å². The molecule has 0 amide bonds. The Morgan fingerprint density at radius 1 is 1.04 bits per heavy atom. The molecule has 2 spiro atoms. The fourth-order valence-corrected chi connectivity index (χ4v) is 4.54. The van der Waals surface area contributed by atoms with Crippen molar-refractivity contribution in [3.05, 3.63) is 35.9 Å². The zero-order valence-electron chi connectivity index (χ0n) is 15.8. The van der Waals surface area contributed by atoms with Gasteiger partial charge in [-0.25, -0.2) is 0 Å². The Labute approximate surface area is 156 Å². The number of rotatable bonds is 5. The molecular formula is C21H30N2O3. The second kappa shape index (κ2) is 7.29. The molecule has 2 heterocycles. The highest BCUT2D eigenvalue weighted by Crippen LogP contribution is 2.49.